The molecule has 3 heterocycles. The second-order valence-corrected chi connectivity index (χ2v) is 9.41. The van der Waals surface area contributed by atoms with Crippen LogP contribution in [0.2, 0.25) is 0 Å². The Morgan fingerprint density at radius 2 is 2.14 bits per heavy atom. The zero-order valence-corrected chi connectivity index (χ0v) is 20.4. The van der Waals surface area contributed by atoms with E-state index in [2.05, 4.69) is 32.1 Å². The highest BCUT2D eigenvalue weighted by Crippen LogP contribution is 2.31. The van der Waals surface area contributed by atoms with E-state index in [1.54, 1.807) is 41.6 Å². The van der Waals surface area contributed by atoms with Crippen molar-refractivity contribution in [3.63, 3.8) is 0 Å². The Morgan fingerprint density at radius 1 is 1.28 bits per heavy atom. The van der Waals surface area contributed by atoms with E-state index in [-0.39, 0.29) is 35.6 Å². The number of nitrogens with one attached hydrogen (secondary N) is 3. The Morgan fingerprint density at radius 3 is 2.86 bits per heavy atom. The second kappa shape index (κ2) is 9.99. The summed E-state index contributed by atoms with van der Waals surface area (Å²) in [7, 11) is 3.40. The molecule has 0 radical (unpaired) electrons. The van der Waals surface area contributed by atoms with Crippen LogP contribution in [0.3, 0.4) is 0 Å². The lowest BCUT2D eigenvalue weighted by atomic mass is 9.86. The predicted octanol–water partition coefficient (Wildman–Crippen LogP) is 2.84. The van der Waals surface area contributed by atoms with Crippen LogP contribution in [0.15, 0.2) is 35.4 Å². The smallest absolute Gasteiger partial charge is 0.274 e. The van der Waals surface area contributed by atoms with Gasteiger partial charge in [-0.2, -0.15) is 14.9 Å². The van der Waals surface area contributed by atoms with Crippen LogP contribution in [-0.4, -0.2) is 51.4 Å². The SMILES string of the molecule is CNc1cc(Nc2cccn([C@H]3CCC[C@@H](C#N)C3)c2=O)nc2c(C(=O)N[C@H]3CC[C@@H]3OC)cnn12. The molecule has 5 rings (SSSR count). The molecule has 36 heavy (non-hydrogen) atoms. The first kappa shape index (κ1) is 23.8. The van der Waals surface area contributed by atoms with Gasteiger partial charge in [-0.3, -0.25) is 9.59 Å². The molecule has 3 N–H and O–H groups in total. The van der Waals surface area contributed by atoms with Gasteiger partial charge in [0.05, 0.1) is 24.4 Å². The fourth-order valence-corrected chi connectivity index (χ4v) is 5.09. The first-order valence-electron chi connectivity index (χ1n) is 12.3. The van der Waals surface area contributed by atoms with E-state index in [1.165, 1.54) is 6.20 Å². The predicted molar refractivity (Wildman–Crippen MR) is 134 cm³/mol. The summed E-state index contributed by atoms with van der Waals surface area (Å²) in [5, 5.41) is 22.9. The standard InChI is InChI=1S/C25H30N8O3/c1-27-22-12-21(29-19-7-4-10-32(25(19)35)16-6-3-5-15(11-16)13-26)31-23-17(14-28-33(22)23)24(34)30-18-8-9-20(18)36-2/h4,7,10,12,14-16,18,20,27H,3,5-6,8-9,11H2,1-2H3,(H,29,31)(H,30,34)/t15-,16+,18+,20+/m1/s1. The number of methoxy groups -OCH3 is 1. The van der Waals surface area contributed by atoms with Gasteiger partial charge in [0.1, 0.15) is 22.9 Å². The van der Waals surface area contributed by atoms with E-state index in [1.807, 2.05) is 6.07 Å². The number of anilines is 3. The molecule has 1 amide bonds. The minimum absolute atomic E-state index is 0.00600. The highest BCUT2D eigenvalue weighted by Gasteiger charge is 2.33. The molecule has 188 valence electrons. The average molecular weight is 491 g/mol. The molecule has 0 aliphatic heterocycles. The molecule has 2 fully saturated rings. The molecule has 2 aliphatic rings. The van der Waals surface area contributed by atoms with Crippen LogP contribution in [0.4, 0.5) is 17.3 Å². The third-order valence-corrected chi connectivity index (χ3v) is 7.26. The van der Waals surface area contributed by atoms with Crippen molar-refractivity contribution in [3.05, 3.63) is 46.5 Å². The molecule has 4 atom stereocenters. The molecule has 2 saturated carbocycles. The number of nitrogens with zero attached hydrogens (tertiary/aromatic N) is 5. The van der Waals surface area contributed by atoms with Gasteiger partial charge in [-0.15, -0.1) is 0 Å². The minimum atomic E-state index is -0.269. The summed E-state index contributed by atoms with van der Waals surface area (Å²) in [5.74, 6) is 0.725. The number of carbonyl (C=O) groups is 1. The molecule has 0 bridgehead atoms. The molecule has 11 nitrogen and oxygen atoms in total. The number of ether oxygens (including phenoxy) is 1. The van der Waals surface area contributed by atoms with Gasteiger partial charge in [0, 0.05) is 38.4 Å². The maximum absolute atomic E-state index is 13.3. The van der Waals surface area contributed by atoms with Crippen molar-refractivity contribution in [1.29, 1.82) is 5.26 Å². The lowest BCUT2D eigenvalue weighted by molar-refractivity contribution is 0.00732. The van der Waals surface area contributed by atoms with E-state index >= 15 is 0 Å². The fraction of sp³-hybridized carbons (Fsp3) is 0.480. The van der Waals surface area contributed by atoms with Crippen molar-refractivity contribution >= 4 is 28.9 Å². The van der Waals surface area contributed by atoms with Gasteiger partial charge >= 0.3 is 0 Å². The van der Waals surface area contributed by atoms with E-state index in [9.17, 15) is 14.9 Å². The van der Waals surface area contributed by atoms with E-state index < -0.39 is 0 Å². The number of aromatic nitrogens is 4. The van der Waals surface area contributed by atoms with Gasteiger partial charge < -0.3 is 25.3 Å². The quantitative estimate of drug-likeness (QED) is 0.460. The zero-order chi connectivity index (χ0) is 25.2. The fourth-order valence-electron chi connectivity index (χ4n) is 5.09. The van der Waals surface area contributed by atoms with Gasteiger partial charge in [0.15, 0.2) is 5.65 Å². The monoisotopic (exact) mass is 490 g/mol. The lowest BCUT2D eigenvalue weighted by Crippen LogP contribution is -2.51. The van der Waals surface area contributed by atoms with Crippen LogP contribution in [0.5, 0.6) is 0 Å². The van der Waals surface area contributed by atoms with Crippen molar-refractivity contribution in [3.8, 4) is 6.07 Å². The van der Waals surface area contributed by atoms with E-state index in [0.29, 0.717) is 35.0 Å². The maximum atomic E-state index is 13.3. The van der Waals surface area contributed by atoms with Gasteiger partial charge in [-0.25, -0.2) is 4.98 Å². The van der Waals surface area contributed by atoms with Crippen molar-refractivity contribution in [2.45, 2.75) is 56.7 Å². The van der Waals surface area contributed by atoms with E-state index in [0.717, 1.165) is 32.1 Å². The van der Waals surface area contributed by atoms with Crippen LogP contribution >= 0.6 is 0 Å². The number of carbonyl (C=O) groups excluding carboxylic acids is 1. The number of hydrogen-bond acceptors (Lipinski definition) is 8. The van der Waals surface area contributed by atoms with Crippen LogP contribution in [0.25, 0.3) is 5.65 Å². The molecule has 0 unspecified atom stereocenters. The lowest BCUT2D eigenvalue weighted by Gasteiger charge is -2.35. The van der Waals surface area contributed by atoms with Crippen LogP contribution in [0.1, 0.15) is 54.9 Å². The Balaban J connectivity index is 1.44. The minimum Gasteiger partial charge on any atom is -0.379 e. The van der Waals surface area contributed by atoms with Crippen molar-refractivity contribution < 1.29 is 9.53 Å². The number of nitriles is 1. The van der Waals surface area contributed by atoms with Gasteiger partial charge in [-0.1, -0.05) is 6.42 Å². The summed E-state index contributed by atoms with van der Waals surface area (Å²) < 4.78 is 8.66. The molecule has 0 saturated heterocycles. The zero-order valence-electron chi connectivity index (χ0n) is 20.4. The average Bonchev–Trinajstić information content (AvgIpc) is 3.31. The Bertz CT molecular complexity index is 1370. The Kier molecular flexibility index (Phi) is 6.61. The van der Waals surface area contributed by atoms with Crippen LogP contribution < -0.4 is 21.5 Å². The molecular weight excluding hydrogens is 460 g/mol. The molecule has 3 aromatic heterocycles. The van der Waals surface area contributed by atoms with Gasteiger partial charge in [0.2, 0.25) is 0 Å². The molecular formula is C25H30N8O3. The number of hydrogen-bond donors (Lipinski definition) is 3. The van der Waals surface area contributed by atoms with Crippen molar-refractivity contribution in [2.75, 3.05) is 24.8 Å². The maximum Gasteiger partial charge on any atom is 0.274 e. The second-order valence-electron chi connectivity index (χ2n) is 9.41. The largest absolute Gasteiger partial charge is 0.379 e. The highest BCUT2D eigenvalue weighted by atomic mass is 16.5. The highest BCUT2D eigenvalue weighted by molar-refractivity contribution is 6.00. The van der Waals surface area contributed by atoms with E-state index in [4.69, 9.17) is 4.74 Å². The summed E-state index contributed by atoms with van der Waals surface area (Å²) in [5.41, 5.74) is 0.914. The topological polar surface area (TPSA) is 138 Å². The first-order chi connectivity index (χ1) is 17.5. The number of rotatable bonds is 7. The summed E-state index contributed by atoms with van der Waals surface area (Å²) in [6.45, 7) is 0. The molecule has 11 heteroatoms. The summed E-state index contributed by atoms with van der Waals surface area (Å²) in [6.07, 6.45) is 8.41. The molecule has 0 aromatic carbocycles. The number of fused-ring (bicyclic) bond motifs is 1. The van der Waals surface area contributed by atoms with Gasteiger partial charge in [0.25, 0.3) is 11.5 Å². The normalized spacial score (nSPS) is 23.5. The summed E-state index contributed by atoms with van der Waals surface area (Å²) in [4.78, 5) is 30.9. The third kappa shape index (κ3) is 4.40. The van der Waals surface area contributed by atoms with Crippen LogP contribution in [0, 0.1) is 17.2 Å². The summed E-state index contributed by atoms with van der Waals surface area (Å²) >= 11 is 0. The summed E-state index contributed by atoms with van der Waals surface area (Å²) in [6, 6.07) is 7.57. The molecule has 2 aliphatic carbocycles. The van der Waals surface area contributed by atoms with Gasteiger partial charge in [-0.05, 0) is 44.2 Å². The molecule has 0 spiro atoms. The third-order valence-electron chi connectivity index (χ3n) is 7.26. The van der Waals surface area contributed by atoms with Crippen LogP contribution in [-0.2, 0) is 4.74 Å². The first-order valence-corrected chi connectivity index (χ1v) is 12.3. The Hall–Kier alpha value is -3.91. The Labute approximate surface area is 208 Å². The van der Waals surface area contributed by atoms with Crippen molar-refractivity contribution in [2.24, 2.45) is 5.92 Å². The van der Waals surface area contributed by atoms with Crippen molar-refractivity contribution in [1.82, 2.24) is 24.5 Å². The molecule has 3 aromatic rings. The number of amides is 1. The number of pyridine rings is 1.